The van der Waals surface area contributed by atoms with Gasteiger partial charge in [0.1, 0.15) is 22.2 Å². The number of hydrogen-bond donors (Lipinski definition) is 0. The van der Waals surface area contributed by atoms with Crippen molar-refractivity contribution in [1.82, 2.24) is 0 Å². The van der Waals surface area contributed by atoms with E-state index in [-0.39, 0.29) is 32.6 Å². The fourth-order valence-corrected chi connectivity index (χ4v) is 4.03. The van der Waals surface area contributed by atoms with Crippen LogP contribution in [0.5, 0.6) is 11.5 Å². The fraction of sp³-hybridized carbons (Fsp3) is 0.211. The monoisotopic (exact) mass is 410 g/mol. The number of rotatable bonds is 4. The Hall–Kier alpha value is -2.38. The number of sulfone groups is 1. The predicted molar refractivity (Wildman–Crippen MR) is 99.2 cm³/mol. The summed E-state index contributed by atoms with van der Waals surface area (Å²) in [5.41, 5.74) is -0.326. The summed E-state index contributed by atoms with van der Waals surface area (Å²) < 4.78 is 48.2. The van der Waals surface area contributed by atoms with Gasteiger partial charge >= 0.3 is 5.97 Å². The molecule has 0 atom stereocenters. The summed E-state index contributed by atoms with van der Waals surface area (Å²) in [7, 11) is -3.64. The number of carbonyl (C=O) groups excluding carboxylic acids is 1. The second kappa shape index (κ2) is 6.65. The molecule has 0 radical (unpaired) electrons. The van der Waals surface area contributed by atoms with Crippen molar-refractivity contribution in [3.05, 3.63) is 58.9 Å². The number of hydrogen-bond acceptors (Lipinski definition) is 5. The number of carbonyl (C=O) groups is 1. The molecule has 0 spiro atoms. The van der Waals surface area contributed by atoms with Crippen LogP contribution < -0.4 is 4.74 Å². The fourth-order valence-electron chi connectivity index (χ4n) is 2.67. The van der Waals surface area contributed by atoms with Gasteiger partial charge in [0.25, 0.3) is 0 Å². The third-order valence-electron chi connectivity index (χ3n) is 3.85. The van der Waals surface area contributed by atoms with Crippen molar-refractivity contribution in [1.29, 1.82) is 0 Å². The first kappa shape index (κ1) is 19.4. The second-order valence-electron chi connectivity index (χ2n) is 6.63. The van der Waals surface area contributed by atoms with Crippen molar-refractivity contribution in [3.63, 3.8) is 0 Å². The van der Waals surface area contributed by atoms with Gasteiger partial charge in [0.2, 0.25) is 0 Å². The Morgan fingerprint density at radius 3 is 2.26 bits per heavy atom. The molecule has 0 saturated carbocycles. The van der Waals surface area contributed by atoms with E-state index in [0.717, 1.165) is 6.26 Å². The van der Waals surface area contributed by atoms with Gasteiger partial charge in [-0.2, -0.15) is 0 Å². The molecule has 5 nitrogen and oxygen atoms in total. The maximum absolute atomic E-state index is 13.2. The zero-order chi connectivity index (χ0) is 20.0. The van der Waals surface area contributed by atoms with Crippen molar-refractivity contribution in [3.8, 4) is 11.5 Å². The molecule has 142 valence electrons. The molecule has 1 aliphatic rings. The molecule has 8 heteroatoms. The van der Waals surface area contributed by atoms with E-state index in [4.69, 9.17) is 21.1 Å². The van der Waals surface area contributed by atoms with Gasteiger partial charge in [-0.3, -0.25) is 0 Å². The summed E-state index contributed by atoms with van der Waals surface area (Å²) in [4.78, 5) is 12.1. The SMILES string of the molecule is CC1(C)C=C(c2ccc(S(C)(=O)=O)c(Cl)c2Oc2ccc(F)cc2)C(=O)O1. The molecule has 27 heavy (non-hydrogen) atoms. The lowest BCUT2D eigenvalue weighted by Gasteiger charge is -2.15. The molecule has 0 unspecified atom stereocenters. The molecule has 0 N–H and O–H groups in total. The zero-order valence-electron chi connectivity index (χ0n) is 14.7. The van der Waals surface area contributed by atoms with Gasteiger partial charge in [-0.05, 0) is 56.3 Å². The highest BCUT2D eigenvalue weighted by molar-refractivity contribution is 7.90. The number of ether oxygens (including phenoxy) is 2. The molecule has 2 aromatic rings. The number of benzene rings is 2. The summed E-state index contributed by atoms with van der Waals surface area (Å²) in [6.45, 7) is 3.43. The van der Waals surface area contributed by atoms with E-state index >= 15 is 0 Å². The van der Waals surface area contributed by atoms with Crippen LogP contribution in [0.1, 0.15) is 19.4 Å². The second-order valence-corrected chi connectivity index (χ2v) is 9.00. The van der Waals surface area contributed by atoms with Crippen LogP contribution in [0.4, 0.5) is 4.39 Å². The van der Waals surface area contributed by atoms with Crippen molar-refractivity contribution >= 4 is 33.0 Å². The lowest BCUT2D eigenvalue weighted by Crippen LogP contribution is -2.17. The van der Waals surface area contributed by atoms with Crippen LogP contribution in [0.15, 0.2) is 47.4 Å². The van der Waals surface area contributed by atoms with E-state index in [0.29, 0.717) is 0 Å². The average Bonchev–Trinajstić information content (AvgIpc) is 2.82. The van der Waals surface area contributed by atoms with E-state index in [1.54, 1.807) is 19.9 Å². The minimum Gasteiger partial charge on any atom is -0.455 e. The minimum absolute atomic E-state index is 0.0212. The number of halogens is 2. The molecule has 0 aromatic heterocycles. The van der Waals surface area contributed by atoms with Crippen LogP contribution in [0.3, 0.4) is 0 Å². The number of esters is 1. The molecule has 0 fully saturated rings. The van der Waals surface area contributed by atoms with Gasteiger partial charge in [0.05, 0.1) is 10.5 Å². The molecule has 0 aliphatic carbocycles. The van der Waals surface area contributed by atoms with Gasteiger partial charge in [-0.15, -0.1) is 0 Å². The summed E-state index contributed by atoms with van der Waals surface area (Å²) in [5.74, 6) is -0.821. The Labute approximate surface area is 161 Å². The lowest BCUT2D eigenvalue weighted by molar-refractivity contribution is -0.142. The Morgan fingerprint density at radius 1 is 1.11 bits per heavy atom. The summed E-state index contributed by atoms with van der Waals surface area (Å²) in [6, 6.07) is 7.87. The first-order valence-electron chi connectivity index (χ1n) is 7.90. The normalized spacial score (nSPS) is 16.0. The highest BCUT2D eigenvalue weighted by Crippen LogP contribution is 2.43. The van der Waals surface area contributed by atoms with E-state index in [1.807, 2.05) is 0 Å². The molecule has 1 heterocycles. The van der Waals surface area contributed by atoms with Gasteiger partial charge in [-0.1, -0.05) is 11.6 Å². The Bertz CT molecular complexity index is 1060. The van der Waals surface area contributed by atoms with E-state index in [1.165, 1.54) is 36.4 Å². The van der Waals surface area contributed by atoms with Crippen molar-refractivity contribution < 1.29 is 27.1 Å². The lowest BCUT2D eigenvalue weighted by atomic mass is 10.0. The van der Waals surface area contributed by atoms with Crippen molar-refractivity contribution in [2.75, 3.05) is 6.26 Å². The largest absolute Gasteiger partial charge is 0.455 e. The summed E-state index contributed by atoms with van der Waals surface area (Å²) in [5, 5.41) is -0.169. The van der Waals surface area contributed by atoms with Crippen molar-refractivity contribution in [2.24, 2.45) is 0 Å². The first-order chi connectivity index (χ1) is 12.5. The first-order valence-corrected chi connectivity index (χ1v) is 10.2. The third kappa shape index (κ3) is 3.99. The van der Waals surface area contributed by atoms with Crippen LogP contribution in [-0.2, 0) is 19.4 Å². The van der Waals surface area contributed by atoms with Gasteiger partial charge < -0.3 is 9.47 Å². The molecule has 0 amide bonds. The topological polar surface area (TPSA) is 69.7 Å². The maximum atomic E-state index is 13.2. The van der Waals surface area contributed by atoms with Crippen molar-refractivity contribution in [2.45, 2.75) is 24.3 Å². The highest BCUT2D eigenvalue weighted by Gasteiger charge is 2.35. The third-order valence-corrected chi connectivity index (χ3v) is 5.48. The van der Waals surface area contributed by atoms with Crippen LogP contribution in [-0.4, -0.2) is 26.2 Å². The molecule has 1 aliphatic heterocycles. The predicted octanol–water partition coefficient (Wildman–Crippen LogP) is 4.39. The Kier molecular flexibility index (Phi) is 4.78. The maximum Gasteiger partial charge on any atom is 0.339 e. The standard InChI is InChI=1S/C19H16ClFO5S/c1-19(2)10-14(18(22)26-19)13-8-9-15(27(3,23)24)16(20)17(13)25-12-6-4-11(21)5-7-12/h4-10H,1-3H3. The number of cyclic esters (lactones) is 1. The molecular formula is C19H16ClFO5S. The van der Waals surface area contributed by atoms with Crippen LogP contribution in [0, 0.1) is 5.82 Å². The van der Waals surface area contributed by atoms with E-state index in [2.05, 4.69) is 0 Å². The summed E-state index contributed by atoms with van der Waals surface area (Å²) in [6.07, 6.45) is 2.63. The highest BCUT2D eigenvalue weighted by atomic mass is 35.5. The van der Waals surface area contributed by atoms with E-state index in [9.17, 15) is 17.6 Å². The quantitative estimate of drug-likeness (QED) is 0.699. The molecule has 2 aromatic carbocycles. The molecule has 0 bridgehead atoms. The average molecular weight is 411 g/mol. The van der Waals surface area contributed by atoms with Crippen LogP contribution in [0.25, 0.3) is 5.57 Å². The van der Waals surface area contributed by atoms with Gasteiger partial charge in [-0.25, -0.2) is 17.6 Å². The zero-order valence-corrected chi connectivity index (χ0v) is 16.3. The molecule has 0 saturated heterocycles. The molecule has 3 rings (SSSR count). The molecular weight excluding hydrogens is 395 g/mol. The van der Waals surface area contributed by atoms with E-state index < -0.39 is 27.2 Å². The Morgan fingerprint density at radius 2 is 1.74 bits per heavy atom. The van der Waals surface area contributed by atoms with Gasteiger partial charge in [0.15, 0.2) is 15.6 Å². The van der Waals surface area contributed by atoms with Gasteiger partial charge in [0, 0.05) is 11.8 Å². The van der Waals surface area contributed by atoms with Crippen LogP contribution >= 0.6 is 11.6 Å². The summed E-state index contributed by atoms with van der Waals surface area (Å²) >= 11 is 6.32. The smallest absolute Gasteiger partial charge is 0.339 e. The Balaban J connectivity index is 2.20. The minimum atomic E-state index is -3.64. The van der Waals surface area contributed by atoms with Crippen LogP contribution in [0.2, 0.25) is 5.02 Å².